The first-order chi connectivity index (χ1) is 14.0. The highest BCUT2D eigenvalue weighted by Gasteiger charge is 2.43. The van der Waals surface area contributed by atoms with E-state index in [9.17, 15) is 27.6 Å². The largest absolute Gasteiger partial charge is 0.405 e. The Morgan fingerprint density at radius 2 is 1.93 bits per heavy atom. The van der Waals surface area contributed by atoms with Crippen LogP contribution in [0.4, 0.5) is 19.0 Å². The van der Waals surface area contributed by atoms with Crippen molar-refractivity contribution in [1.29, 1.82) is 0 Å². The molecule has 1 aliphatic rings. The molecule has 30 heavy (non-hydrogen) atoms. The van der Waals surface area contributed by atoms with Gasteiger partial charge < -0.3 is 16.0 Å². The second-order valence-electron chi connectivity index (χ2n) is 7.49. The first-order valence-electron chi connectivity index (χ1n) is 9.55. The average molecular weight is 429 g/mol. The lowest BCUT2D eigenvalue weighted by Crippen LogP contribution is -2.58. The van der Waals surface area contributed by atoms with Gasteiger partial charge in [-0.15, -0.1) is 0 Å². The van der Waals surface area contributed by atoms with Crippen LogP contribution in [0, 0.1) is 5.92 Å². The normalized spacial score (nSPS) is 18.0. The van der Waals surface area contributed by atoms with Gasteiger partial charge in [-0.2, -0.15) is 13.2 Å². The number of rotatable bonds is 7. The molecule has 2 rings (SSSR count). The number of nitrogens with one attached hydrogen (secondary N) is 3. The van der Waals surface area contributed by atoms with Gasteiger partial charge in [0.15, 0.2) is 0 Å². The summed E-state index contributed by atoms with van der Waals surface area (Å²) in [4.78, 5) is 43.4. The van der Waals surface area contributed by atoms with Crippen LogP contribution in [0.15, 0.2) is 18.3 Å². The Hall–Kier alpha value is -2.69. The maximum absolute atomic E-state index is 13.4. The summed E-state index contributed by atoms with van der Waals surface area (Å²) in [5.41, 5.74) is 0.565. The molecule has 0 aliphatic carbocycles. The molecule has 3 N–H and O–H groups in total. The Labute approximate surface area is 172 Å². The van der Waals surface area contributed by atoms with E-state index in [2.05, 4.69) is 15.6 Å². The van der Waals surface area contributed by atoms with Crippen molar-refractivity contribution in [2.24, 2.45) is 5.92 Å². The highest BCUT2D eigenvalue weighted by Crippen LogP contribution is 2.31. The third kappa shape index (κ3) is 5.47. The van der Waals surface area contributed by atoms with Crippen molar-refractivity contribution in [3.05, 3.63) is 23.9 Å². The van der Waals surface area contributed by atoms with Crippen molar-refractivity contribution in [1.82, 2.24) is 20.9 Å². The quantitative estimate of drug-likeness (QED) is 0.594. The van der Waals surface area contributed by atoms with Gasteiger partial charge in [0.1, 0.15) is 24.4 Å². The number of carbonyl (C=O) groups is 3. The van der Waals surface area contributed by atoms with Gasteiger partial charge in [0.25, 0.3) is 5.91 Å². The molecule has 0 radical (unpaired) electrons. The fourth-order valence-electron chi connectivity index (χ4n) is 3.10. The molecule has 2 heterocycles. The summed E-state index contributed by atoms with van der Waals surface area (Å²) >= 11 is 0. The van der Waals surface area contributed by atoms with Crippen LogP contribution in [0.1, 0.15) is 26.3 Å². The summed E-state index contributed by atoms with van der Waals surface area (Å²) in [6.07, 6.45) is -3.11. The summed E-state index contributed by atoms with van der Waals surface area (Å²) in [6, 6.07) is 0.539. The summed E-state index contributed by atoms with van der Waals surface area (Å²) in [5, 5.41) is 7.27. The number of halogens is 3. The monoisotopic (exact) mass is 429 g/mol. The highest BCUT2D eigenvalue weighted by atomic mass is 19.4. The lowest BCUT2D eigenvalue weighted by molar-refractivity contribution is -0.139. The van der Waals surface area contributed by atoms with E-state index in [1.54, 1.807) is 40.0 Å². The predicted molar refractivity (Wildman–Crippen MR) is 104 cm³/mol. The minimum Gasteiger partial charge on any atom is -0.345 e. The molecule has 0 bridgehead atoms. The van der Waals surface area contributed by atoms with Crippen LogP contribution in [0.25, 0.3) is 0 Å². The van der Waals surface area contributed by atoms with E-state index >= 15 is 0 Å². The highest BCUT2D eigenvalue weighted by molar-refractivity contribution is 6.06. The summed E-state index contributed by atoms with van der Waals surface area (Å²) in [5.74, 6) is -2.08. The van der Waals surface area contributed by atoms with Crippen molar-refractivity contribution in [2.75, 3.05) is 18.5 Å². The Morgan fingerprint density at radius 1 is 1.27 bits per heavy atom. The topological polar surface area (TPSA) is 103 Å². The van der Waals surface area contributed by atoms with Crippen LogP contribution in [0.5, 0.6) is 0 Å². The molecule has 0 saturated carbocycles. The van der Waals surface area contributed by atoms with Crippen molar-refractivity contribution < 1.29 is 27.6 Å². The maximum atomic E-state index is 13.4. The number of carbonyl (C=O) groups excluding carboxylic acids is 3. The van der Waals surface area contributed by atoms with Gasteiger partial charge in [0, 0.05) is 12.6 Å². The molecule has 0 unspecified atom stereocenters. The lowest BCUT2D eigenvalue weighted by Gasteiger charge is -2.31. The minimum absolute atomic E-state index is 0.0320. The predicted octanol–water partition coefficient (Wildman–Crippen LogP) is 0.767. The molecule has 3 atom stereocenters. The SMILES string of the molecule is CN[C@@H](C)C(=O)N[C@H](C(=O)N1c2ncccc2C[C@H]1C(=O)NCC(F)(F)F)C(C)C. The van der Waals surface area contributed by atoms with Crippen LogP contribution < -0.4 is 20.9 Å². The van der Waals surface area contributed by atoms with Crippen LogP contribution in [-0.4, -0.2) is 60.6 Å². The number of anilines is 1. The van der Waals surface area contributed by atoms with E-state index < -0.39 is 48.6 Å². The van der Waals surface area contributed by atoms with Gasteiger partial charge >= 0.3 is 6.18 Å². The molecule has 0 spiro atoms. The maximum Gasteiger partial charge on any atom is 0.405 e. The zero-order valence-electron chi connectivity index (χ0n) is 17.2. The van der Waals surface area contributed by atoms with Crippen LogP contribution >= 0.6 is 0 Å². The van der Waals surface area contributed by atoms with E-state index in [1.165, 1.54) is 6.20 Å². The number of nitrogens with zero attached hydrogens (tertiary/aromatic N) is 2. The number of hydrogen-bond acceptors (Lipinski definition) is 5. The first-order valence-corrected chi connectivity index (χ1v) is 9.55. The molecular formula is C19H26F3N5O3. The van der Waals surface area contributed by atoms with E-state index in [4.69, 9.17) is 0 Å². The Kier molecular flexibility index (Phi) is 7.40. The Bertz CT molecular complexity index is 800. The zero-order valence-corrected chi connectivity index (χ0v) is 17.2. The van der Waals surface area contributed by atoms with Crippen LogP contribution in [0.2, 0.25) is 0 Å². The van der Waals surface area contributed by atoms with Crippen molar-refractivity contribution >= 4 is 23.5 Å². The number of alkyl halides is 3. The molecular weight excluding hydrogens is 403 g/mol. The van der Waals surface area contributed by atoms with Gasteiger partial charge in [-0.3, -0.25) is 19.3 Å². The second kappa shape index (κ2) is 9.41. The summed E-state index contributed by atoms with van der Waals surface area (Å²) in [7, 11) is 1.60. The van der Waals surface area contributed by atoms with E-state index in [0.29, 0.717) is 5.56 Å². The molecule has 1 aliphatic heterocycles. The smallest absolute Gasteiger partial charge is 0.345 e. The third-order valence-corrected chi connectivity index (χ3v) is 4.88. The Morgan fingerprint density at radius 3 is 2.50 bits per heavy atom. The number of pyridine rings is 1. The molecule has 0 saturated heterocycles. The second-order valence-corrected chi connectivity index (χ2v) is 7.49. The van der Waals surface area contributed by atoms with Gasteiger partial charge in [0.05, 0.1) is 6.04 Å². The number of likely N-dealkylation sites (N-methyl/N-ethyl adjacent to an activating group) is 1. The van der Waals surface area contributed by atoms with Gasteiger partial charge in [-0.25, -0.2) is 4.98 Å². The van der Waals surface area contributed by atoms with Gasteiger partial charge in [0.2, 0.25) is 11.8 Å². The van der Waals surface area contributed by atoms with Crippen molar-refractivity contribution in [3.63, 3.8) is 0 Å². The molecule has 0 aromatic carbocycles. The van der Waals surface area contributed by atoms with Crippen molar-refractivity contribution in [3.8, 4) is 0 Å². The zero-order chi connectivity index (χ0) is 22.6. The molecule has 0 fully saturated rings. The molecule has 3 amide bonds. The van der Waals surface area contributed by atoms with E-state index in [1.807, 2.05) is 5.32 Å². The summed E-state index contributed by atoms with van der Waals surface area (Å²) < 4.78 is 37.6. The number of hydrogen-bond donors (Lipinski definition) is 3. The fourth-order valence-corrected chi connectivity index (χ4v) is 3.10. The number of amides is 3. The first kappa shape index (κ1) is 23.6. The van der Waals surface area contributed by atoms with Crippen LogP contribution in [-0.2, 0) is 20.8 Å². The van der Waals surface area contributed by atoms with Gasteiger partial charge in [-0.1, -0.05) is 19.9 Å². The number of fused-ring (bicyclic) bond motifs is 1. The molecule has 1 aromatic heterocycles. The average Bonchev–Trinajstić information content (AvgIpc) is 3.07. The summed E-state index contributed by atoms with van der Waals surface area (Å²) in [6.45, 7) is 3.57. The van der Waals surface area contributed by atoms with Gasteiger partial charge in [-0.05, 0) is 31.5 Å². The minimum atomic E-state index is -4.58. The third-order valence-electron chi connectivity index (χ3n) is 4.88. The Balaban J connectivity index is 2.32. The molecule has 1 aromatic rings. The van der Waals surface area contributed by atoms with E-state index in [0.717, 1.165) is 4.90 Å². The fraction of sp³-hybridized carbons (Fsp3) is 0.579. The molecule has 11 heteroatoms. The lowest BCUT2D eigenvalue weighted by atomic mass is 10.0. The van der Waals surface area contributed by atoms with E-state index in [-0.39, 0.29) is 18.2 Å². The van der Waals surface area contributed by atoms with Crippen LogP contribution in [0.3, 0.4) is 0 Å². The standard InChI is InChI=1S/C19H26F3N5O3/c1-10(2)14(26-16(28)11(3)23-4)18(30)27-13(17(29)25-9-19(20,21)22)8-12-6-5-7-24-15(12)27/h5-7,10-11,13-14,23H,8-9H2,1-4H3,(H,25,29)(H,26,28)/t11-,13-,14-/m0/s1. The number of aromatic nitrogens is 1. The molecule has 166 valence electrons. The van der Waals surface area contributed by atoms with Crippen molar-refractivity contribution in [2.45, 2.75) is 51.5 Å². The molecule has 8 nitrogen and oxygen atoms in total.